The second kappa shape index (κ2) is 14.8. The third kappa shape index (κ3) is 7.73. The number of hydrogen-bond donors (Lipinski definition) is 2. The van der Waals surface area contributed by atoms with Gasteiger partial charge in [-0.15, -0.1) is 11.8 Å². The fourth-order valence-electron chi connectivity index (χ4n) is 4.05. The van der Waals surface area contributed by atoms with Crippen molar-refractivity contribution in [2.75, 3.05) is 44.1 Å². The highest BCUT2D eigenvalue weighted by Crippen LogP contribution is 2.32. The van der Waals surface area contributed by atoms with E-state index in [1.165, 1.54) is 4.21 Å². The van der Waals surface area contributed by atoms with Crippen molar-refractivity contribution in [3.05, 3.63) is 48.5 Å². The molecule has 10 nitrogen and oxygen atoms in total. The zero-order chi connectivity index (χ0) is 26.4. The molecule has 4 rings (SSSR count). The lowest BCUT2D eigenvalue weighted by atomic mass is 9.99. The number of thiazole rings is 1. The number of pyridine rings is 1. The van der Waals surface area contributed by atoms with Crippen LogP contribution in [0.5, 0.6) is 5.75 Å². The van der Waals surface area contributed by atoms with E-state index in [9.17, 15) is 9.90 Å². The van der Waals surface area contributed by atoms with Gasteiger partial charge in [-0.3, -0.25) is 4.79 Å². The van der Waals surface area contributed by atoms with E-state index in [-0.39, 0.29) is 28.5 Å². The zero-order valence-corrected chi connectivity index (χ0v) is 24.2. The van der Waals surface area contributed by atoms with Crippen LogP contribution in [0.25, 0.3) is 10.8 Å². The molecule has 12 heteroatoms. The summed E-state index contributed by atoms with van der Waals surface area (Å²) in [5.74, 6) is 1.15. The molecule has 0 bridgehead atoms. The van der Waals surface area contributed by atoms with Crippen LogP contribution in [0, 0.1) is 5.92 Å². The molecule has 0 spiro atoms. The number of rotatable bonds is 8. The lowest BCUT2D eigenvalue weighted by Crippen LogP contribution is -2.40. The summed E-state index contributed by atoms with van der Waals surface area (Å²) in [5.41, 5.74) is 6.88. The minimum atomic E-state index is -0.469. The maximum absolute atomic E-state index is 12.4. The van der Waals surface area contributed by atoms with Crippen molar-refractivity contribution in [3.8, 4) is 5.75 Å². The molecule has 0 radical (unpaired) electrons. The van der Waals surface area contributed by atoms with Crippen LogP contribution in [-0.2, 0) is 11.2 Å². The number of carbonyl (C=O) groups is 1. The molecule has 1 amide bonds. The fraction of sp³-hybridized carbons (Fsp3) is 0.423. The Bertz CT molecular complexity index is 1220. The normalized spacial score (nSPS) is 15.1. The lowest BCUT2D eigenvalue weighted by Gasteiger charge is -2.28. The predicted octanol–water partition coefficient (Wildman–Crippen LogP) is 3.35. The van der Waals surface area contributed by atoms with Crippen LogP contribution >= 0.6 is 23.1 Å². The van der Waals surface area contributed by atoms with Gasteiger partial charge in [0.15, 0.2) is 5.13 Å². The molecule has 210 valence electrons. The molecule has 1 saturated heterocycles. The molecule has 0 saturated carbocycles. The Kier molecular flexibility index (Phi) is 12.8. The minimum Gasteiger partial charge on any atom is -0.511 e. The number of nitrogens with zero attached hydrogens (tertiary/aromatic N) is 4. The molecule has 2 atom stereocenters. The van der Waals surface area contributed by atoms with Gasteiger partial charge >= 0.3 is 0 Å². The third-order valence-corrected chi connectivity index (χ3v) is 8.23. The van der Waals surface area contributed by atoms with E-state index in [1.54, 1.807) is 34.2 Å². The molecule has 2 aromatic heterocycles. The average molecular weight is 566 g/mol. The first kappa shape index (κ1) is 33.0. The van der Waals surface area contributed by atoms with Crippen molar-refractivity contribution in [1.29, 1.82) is 0 Å². The number of nitrogens with two attached hydrogens (primary N) is 1. The number of carbonyl (C=O) groups excluding carboxylic acids is 1. The van der Waals surface area contributed by atoms with Crippen molar-refractivity contribution >= 4 is 50.7 Å². The Labute approximate surface area is 232 Å². The number of anilines is 2. The number of aliphatic hydroxyl groups is 1. The molecule has 3 aromatic rings. The maximum atomic E-state index is 12.4. The van der Waals surface area contributed by atoms with Crippen molar-refractivity contribution in [3.63, 3.8) is 0 Å². The van der Waals surface area contributed by atoms with Gasteiger partial charge in [-0.2, -0.15) is 0 Å². The Hall–Kier alpha value is -3.06. The van der Waals surface area contributed by atoms with Crippen LogP contribution in [0.1, 0.15) is 25.8 Å². The van der Waals surface area contributed by atoms with E-state index in [4.69, 9.17) is 10.5 Å². The number of hydrogen-bond acceptors (Lipinski definition) is 9. The van der Waals surface area contributed by atoms with Gasteiger partial charge in [0.2, 0.25) is 5.91 Å². The van der Waals surface area contributed by atoms with Crippen LogP contribution in [0.15, 0.2) is 47.1 Å². The molecular formula is C26H39N5O5S2. The summed E-state index contributed by atoms with van der Waals surface area (Å²) in [6, 6.07) is 5.28. The Morgan fingerprint density at radius 3 is 2.58 bits per heavy atom. The molecule has 1 aliphatic rings. The molecule has 1 aliphatic heterocycles. The standard InChI is InChI=1S/C20H25N3O3.C6H10N2S2.2H2O/c1-4-26-18-11-16-14(5-7-22-19(16)21)9-15(18)10-17(13(3)24)23-8-6-12(2)20(23)25;1-8(2)6-7-4-5(9-3)10-6;;/h5,7,9,11-12,17,24H,3-4,6,8,10H2,1-2H3,(H2,21,22);4H,1-3H3;2*1H2/t12-,17+;;;/m0.../s1. The van der Waals surface area contributed by atoms with Crippen LogP contribution in [-0.4, -0.2) is 76.4 Å². The first-order chi connectivity index (χ1) is 17.2. The number of amides is 1. The van der Waals surface area contributed by atoms with E-state index in [0.717, 1.165) is 27.9 Å². The van der Waals surface area contributed by atoms with Gasteiger partial charge in [0.25, 0.3) is 0 Å². The fourth-order valence-corrected chi connectivity index (χ4v) is 5.34. The topological polar surface area (TPSA) is 168 Å². The molecular weight excluding hydrogens is 526 g/mol. The number of aliphatic hydroxyl groups excluding tert-OH is 1. The molecule has 3 heterocycles. The zero-order valence-electron chi connectivity index (χ0n) is 22.5. The van der Waals surface area contributed by atoms with E-state index < -0.39 is 6.04 Å². The molecule has 7 N–H and O–H groups in total. The highest BCUT2D eigenvalue weighted by atomic mass is 32.2. The van der Waals surface area contributed by atoms with Crippen LogP contribution in [0.3, 0.4) is 0 Å². The molecule has 1 aromatic carbocycles. The summed E-state index contributed by atoms with van der Waals surface area (Å²) in [6.45, 7) is 8.65. The highest BCUT2D eigenvalue weighted by Gasteiger charge is 2.35. The first-order valence-corrected chi connectivity index (χ1v) is 13.9. The second-order valence-electron chi connectivity index (χ2n) is 8.80. The number of thioether (sulfide) groups is 1. The van der Waals surface area contributed by atoms with Gasteiger partial charge in [-0.1, -0.05) is 24.8 Å². The molecule has 0 aliphatic carbocycles. The van der Waals surface area contributed by atoms with Gasteiger partial charge < -0.3 is 36.3 Å². The van der Waals surface area contributed by atoms with Crippen LogP contribution in [0.2, 0.25) is 0 Å². The Balaban J connectivity index is 0.000000511. The van der Waals surface area contributed by atoms with E-state index >= 15 is 0 Å². The SMILES string of the molecule is C=C(O)[C@@H](Cc1cc2ccnc(N)c2cc1OCC)N1CC[C@H](C)C1=O.CSc1cnc(N(C)C)s1.O.O. The monoisotopic (exact) mass is 565 g/mol. The average Bonchev–Trinajstić information content (AvgIpc) is 3.46. The quantitative estimate of drug-likeness (QED) is 0.310. The van der Waals surface area contributed by atoms with Gasteiger partial charge in [0.05, 0.1) is 23.1 Å². The maximum Gasteiger partial charge on any atom is 0.226 e. The largest absolute Gasteiger partial charge is 0.511 e. The van der Waals surface area contributed by atoms with Gasteiger partial charge in [-0.25, -0.2) is 9.97 Å². The van der Waals surface area contributed by atoms with Gasteiger partial charge in [0.1, 0.15) is 17.3 Å². The van der Waals surface area contributed by atoms with Crippen LogP contribution < -0.4 is 15.4 Å². The van der Waals surface area contributed by atoms with E-state index in [0.29, 0.717) is 31.1 Å². The van der Waals surface area contributed by atoms with Crippen LogP contribution in [0.4, 0.5) is 10.9 Å². The number of aromatic nitrogens is 2. The summed E-state index contributed by atoms with van der Waals surface area (Å²) in [5, 5.41) is 13.0. The smallest absolute Gasteiger partial charge is 0.226 e. The second-order valence-corrected chi connectivity index (χ2v) is 10.9. The summed E-state index contributed by atoms with van der Waals surface area (Å²) in [6.07, 6.45) is 6.86. The summed E-state index contributed by atoms with van der Waals surface area (Å²) >= 11 is 3.46. The number of benzene rings is 1. The molecule has 0 unspecified atom stereocenters. The van der Waals surface area contributed by atoms with Crippen molar-refractivity contribution < 1.29 is 25.6 Å². The summed E-state index contributed by atoms with van der Waals surface area (Å²) in [7, 11) is 4.01. The van der Waals surface area contributed by atoms with E-state index in [1.807, 2.05) is 57.2 Å². The lowest BCUT2D eigenvalue weighted by molar-refractivity contribution is -0.132. The third-order valence-electron chi connectivity index (χ3n) is 6.01. The van der Waals surface area contributed by atoms with E-state index in [2.05, 4.69) is 22.8 Å². The van der Waals surface area contributed by atoms with Crippen molar-refractivity contribution in [2.24, 2.45) is 5.92 Å². The molecule has 38 heavy (non-hydrogen) atoms. The van der Waals surface area contributed by atoms with Gasteiger partial charge in [0, 0.05) is 44.6 Å². The predicted molar refractivity (Wildman–Crippen MR) is 158 cm³/mol. The number of fused-ring (bicyclic) bond motifs is 1. The van der Waals surface area contributed by atoms with Crippen molar-refractivity contribution in [2.45, 2.75) is 36.9 Å². The number of nitrogen functional groups attached to an aromatic ring is 1. The minimum absolute atomic E-state index is 0. The highest BCUT2D eigenvalue weighted by molar-refractivity contribution is 8.00. The summed E-state index contributed by atoms with van der Waals surface area (Å²) in [4.78, 5) is 24.5. The van der Waals surface area contributed by atoms with Crippen molar-refractivity contribution in [1.82, 2.24) is 14.9 Å². The van der Waals surface area contributed by atoms with Gasteiger partial charge in [-0.05, 0) is 48.7 Å². The Morgan fingerprint density at radius 2 is 2.08 bits per heavy atom. The number of ether oxygens (including phenoxy) is 1. The Morgan fingerprint density at radius 1 is 1.37 bits per heavy atom. The molecule has 1 fully saturated rings. The summed E-state index contributed by atoms with van der Waals surface area (Å²) < 4.78 is 7.06. The number of likely N-dealkylation sites (tertiary alicyclic amines) is 1. The first-order valence-electron chi connectivity index (χ1n) is 11.8.